The van der Waals surface area contributed by atoms with Crippen LogP contribution >= 0.6 is 0 Å². The van der Waals surface area contributed by atoms with Crippen molar-refractivity contribution >= 4 is 8.32 Å². The van der Waals surface area contributed by atoms with Gasteiger partial charge in [-0.25, -0.2) is 0 Å². The third-order valence-corrected chi connectivity index (χ3v) is 16.9. The molecule has 7 unspecified atom stereocenters. The van der Waals surface area contributed by atoms with Crippen molar-refractivity contribution in [1.82, 2.24) is 0 Å². The van der Waals surface area contributed by atoms with Gasteiger partial charge < -0.3 is 19.0 Å². The van der Waals surface area contributed by atoms with E-state index in [9.17, 15) is 5.11 Å². The molecule has 3 aliphatic rings. The molecule has 0 heterocycles. The molecule has 0 aromatic carbocycles. The first-order chi connectivity index (χ1) is 16.7. The lowest BCUT2D eigenvalue weighted by molar-refractivity contribution is -0.164. The molecule has 0 aliphatic heterocycles. The highest BCUT2D eigenvalue weighted by Crippen LogP contribution is 2.69. The summed E-state index contributed by atoms with van der Waals surface area (Å²) in [5.74, 6) is 1.57. The van der Waals surface area contributed by atoms with E-state index in [2.05, 4.69) is 75.0 Å². The van der Waals surface area contributed by atoms with Crippen LogP contribution in [0.5, 0.6) is 0 Å². The summed E-state index contributed by atoms with van der Waals surface area (Å²) in [4.78, 5) is 0. The van der Waals surface area contributed by atoms with Gasteiger partial charge in [0.15, 0.2) is 0 Å². The Hall–Kier alpha value is -0.883. The smallest absolute Gasteiger partial charge is 0.258 e. The normalized spacial score (nSPS) is 39.2. The molecule has 3 aliphatic carbocycles. The summed E-state index contributed by atoms with van der Waals surface area (Å²) in [5, 5.41) is 12.1. The molecule has 0 aromatic heterocycles. The van der Waals surface area contributed by atoms with Crippen LogP contribution in [0.3, 0.4) is 0 Å². The quantitative estimate of drug-likeness (QED) is 0.191. The number of hydrogen-bond acceptors (Lipinski definition) is 4. The summed E-state index contributed by atoms with van der Waals surface area (Å²) >= 11 is 0. The van der Waals surface area contributed by atoms with E-state index in [4.69, 9.17) is 20.5 Å². The second-order valence-electron chi connectivity index (χ2n) is 13.5. The first-order valence-corrected chi connectivity index (χ1v) is 16.3. The molecule has 3 rings (SSSR count). The van der Waals surface area contributed by atoms with E-state index < -0.39 is 19.8 Å². The standard InChI is InChI=1S/C31H54O4Si/c1-13-29(10)18-26(32)30(11)23(8)14-16-31(24(9)28(29)34-19-33-12)17-15-25(27(30)31)35-36(20(2)3,21(4)5)22(6)7/h13,15,20-23,26-28,32H,1,9,14,16-19H2,2-8,10-12H3. The summed E-state index contributed by atoms with van der Waals surface area (Å²) in [6.45, 7) is 30.0. The van der Waals surface area contributed by atoms with E-state index in [1.807, 2.05) is 6.08 Å². The van der Waals surface area contributed by atoms with E-state index in [0.29, 0.717) is 29.0 Å². The molecule has 1 N–H and O–H groups in total. The van der Waals surface area contributed by atoms with Crippen LogP contribution in [-0.2, 0) is 13.9 Å². The second-order valence-corrected chi connectivity index (χ2v) is 18.9. The zero-order valence-corrected chi connectivity index (χ0v) is 25.8. The van der Waals surface area contributed by atoms with Crippen LogP contribution < -0.4 is 0 Å². The molecule has 36 heavy (non-hydrogen) atoms. The predicted molar refractivity (Wildman–Crippen MR) is 152 cm³/mol. The van der Waals surface area contributed by atoms with Gasteiger partial charge in [-0.2, -0.15) is 0 Å². The predicted octanol–water partition coefficient (Wildman–Crippen LogP) is 8.01. The Morgan fingerprint density at radius 3 is 2.22 bits per heavy atom. The van der Waals surface area contributed by atoms with Crippen molar-refractivity contribution in [1.29, 1.82) is 0 Å². The van der Waals surface area contributed by atoms with Gasteiger partial charge in [0.2, 0.25) is 0 Å². The van der Waals surface area contributed by atoms with Crippen LogP contribution in [0.25, 0.3) is 0 Å². The molecule has 0 radical (unpaired) electrons. The second kappa shape index (κ2) is 10.4. The van der Waals surface area contributed by atoms with Gasteiger partial charge in [0, 0.05) is 29.3 Å². The molecule has 2 fully saturated rings. The van der Waals surface area contributed by atoms with Crippen LogP contribution in [0.2, 0.25) is 16.6 Å². The molecular formula is C31H54O4Si. The topological polar surface area (TPSA) is 47.9 Å². The highest BCUT2D eigenvalue weighted by Gasteiger charge is 2.66. The van der Waals surface area contributed by atoms with Crippen LogP contribution in [0.15, 0.2) is 36.6 Å². The van der Waals surface area contributed by atoms with E-state index in [1.165, 1.54) is 0 Å². The van der Waals surface area contributed by atoms with Gasteiger partial charge in [-0.3, -0.25) is 0 Å². The molecule has 4 nitrogen and oxygen atoms in total. The van der Waals surface area contributed by atoms with Gasteiger partial charge in [-0.15, -0.1) is 6.58 Å². The molecule has 5 heteroatoms. The molecular weight excluding hydrogens is 464 g/mol. The number of hydrogen-bond donors (Lipinski definition) is 1. The van der Waals surface area contributed by atoms with Crippen molar-refractivity contribution in [3.63, 3.8) is 0 Å². The first kappa shape index (κ1) is 29.7. The van der Waals surface area contributed by atoms with Gasteiger partial charge >= 0.3 is 0 Å². The summed E-state index contributed by atoms with van der Waals surface area (Å²) < 4.78 is 19.2. The van der Waals surface area contributed by atoms with Gasteiger partial charge in [0.1, 0.15) is 6.79 Å². The van der Waals surface area contributed by atoms with Crippen molar-refractivity contribution in [3.8, 4) is 0 Å². The molecule has 0 amide bonds. The van der Waals surface area contributed by atoms with Crippen LogP contribution in [0.1, 0.15) is 88.0 Å². The van der Waals surface area contributed by atoms with Crippen LogP contribution in [0.4, 0.5) is 0 Å². The number of ether oxygens (including phenoxy) is 2. The minimum atomic E-state index is -2.17. The Balaban J connectivity index is 2.21. The molecule has 0 aromatic rings. The molecule has 2 saturated carbocycles. The van der Waals surface area contributed by atoms with Gasteiger partial charge in [-0.1, -0.05) is 75.0 Å². The third-order valence-electron chi connectivity index (χ3n) is 10.9. The molecule has 0 spiro atoms. The molecule has 0 saturated heterocycles. The molecule has 206 valence electrons. The van der Waals surface area contributed by atoms with Crippen LogP contribution in [-0.4, -0.2) is 39.5 Å². The summed E-state index contributed by atoms with van der Waals surface area (Å²) in [6, 6.07) is 0. The molecule has 7 atom stereocenters. The van der Waals surface area contributed by atoms with Gasteiger partial charge in [-0.05, 0) is 59.9 Å². The Bertz CT molecular complexity index is 841. The molecule has 2 bridgehead atoms. The lowest BCUT2D eigenvalue weighted by Crippen LogP contribution is -2.61. The summed E-state index contributed by atoms with van der Waals surface area (Å²) in [7, 11) is -0.512. The maximum absolute atomic E-state index is 12.1. The summed E-state index contributed by atoms with van der Waals surface area (Å²) in [5.41, 5.74) is 1.62. The van der Waals surface area contributed by atoms with Crippen molar-refractivity contribution in [2.24, 2.45) is 28.1 Å². The maximum atomic E-state index is 12.1. The highest BCUT2D eigenvalue weighted by atomic mass is 28.4. The minimum absolute atomic E-state index is 0.0855. The summed E-state index contributed by atoms with van der Waals surface area (Å²) in [6.07, 6.45) is 7.11. The zero-order valence-electron chi connectivity index (χ0n) is 24.8. The van der Waals surface area contributed by atoms with Crippen molar-refractivity contribution < 1.29 is 19.0 Å². The van der Waals surface area contributed by atoms with Gasteiger partial charge in [0.05, 0.1) is 18.0 Å². The number of aliphatic hydroxyl groups is 1. The van der Waals surface area contributed by atoms with E-state index in [0.717, 1.165) is 30.6 Å². The SMILES string of the molecule is C=CC1(C)CC(O)C2(C)C(C)CCC3(CC=C(O[Si](C(C)C)(C(C)C)C(C)C)C32)C(=C)C1OCOC. The van der Waals surface area contributed by atoms with Crippen molar-refractivity contribution in [2.45, 2.75) is 117 Å². The fourth-order valence-electron chi connectivity index (χ4n) is 8.68. The lowest BCUT2D eigenvalue weighted by Gasteiger charge is -2.62. The maximum Gasteiger partial charge on any atom is 0.258 e. The van der Waals surface area contributed by atoms with Gasteiger partial charge in [0.25, 0.3) is 8.32 Å². The third kappa shape index (κ3) is 4.21. The number of allylic oxidation sites excluding steroid dienone is 2. The Kier molecular flexibility index (Phi) is 8.53. The van der Waals surface area contributed by atoms with Crippen molar-refractivity contribution in [3.05, 3.63) is 36.6 Å². The Labute approximate surface area is 222 Å². The average Bonchev–Trinajstić information content (AvgIpc) is 3.18. The Morgan fingerprint density at radius 1 is 1.14 bits per heavy atom. The monoisotopic (exact) mass is 518 g/mol. The zero-order chi connectivity index (χ0) is 27.3. The largest absolute Gasteiger partial charge is 0.546 e. The number of rotatable bonds is 9. The fraction of sp³-hybridized carbons (Fsp3) is 0.806. The minimum Gasteiger partial charge on any atom is -0.546 e. The fourth-order valence-corrected chi connectivity index (χ4v) is 14.0. The first-order valence-electron chi connectivity index (χ1n) is 14.2. The van der Waals surface area contributed by atoms with E-state index in [1.54, 1.807) is 7.11 Å². The average molecular weight is 519 g/mol. The van der Waals surface area contributed by atoms with E-state index in [-0.39, 0.29) is 29.6 Å². The van der Waals surface area contributed by atoms with Crippen molar-refractivity contribution in [2.75, 3.05) is 13.9 Å². The Morgan fingerprint density at radius 2 is 1.72 bits per heavy atom. The lowest BCUT2D eigenvalue weighted by atomic mass is 9.45. The van der Waals surface area contributed by atoms with Crippen LogP contribution in [0, 0.1) is 28.1 Å². The number of methoxy groups -OCH3 is 1. The highest BCUT2D eigenvalue weighted by molar-refractivity contribution is 6.77. The number of aliphatic hydroxyl groups excluding tert-OH is 1. The van der Waals surface area contributed by atoms with E-state index >= 15 is 0 Å².